The standard InChI is InChI=1S/C21H25N5O3S/c1-2-19(28)29-25-16-5-3-4-14(11-16)10-15-6-7-17-18(12-15)26(20(24-17)23-13-27)21-22-8-9-30-21/h6-7,12-14H,2-5,8-11H2,1H3,(H,23,24,27). The molecule has 0 saturated heterocycles. The van der Waals surface area contributed by atoms with E-state index < -0.39 is 0 Å². The van der Waals surface area contributed by atoms with Crippen LogP contribution >= 0.6 is 11.8 Å². The fourth-order valence-corrected chi connectivity index (χ4v) is 4.81. The molecule has 1 atom stereocenters. The minimum Gasteiger partial charge on any atom is -0.318 e. The molecule has 30 heavy (non-hydrogen) atoms. The number of nitrogens with zero attached hydrogens (tertiary/aromatic N) is 4. The number of carbonyl (C=O) groups is 2. The Kier molecular flexibility index (Phi) is 6.47. The van der Waals surface area contributed by atoms with Crippen LogP contribution in [0, 0.1) is 5.92 Å². The Bertz CT molecular complexity index is 1010. The van der Waals surface area contributed by atoms with E-state index >= 15 is 0 Å². The van der Waals surface area contributed by atoms with Crippen molar-refractivity contribution in [2.24, 2.45) is 16.1 Å². The number of fused-ring (bicyclic) bond motifs is 1. The second kappa shape index (κ2) is 9.42. The highest BCUT2D eigenvalue weighted by Gasteiger charge is 2.22. The molecule has 0 spiro atoms. The molecule has 0 radical (unpaired) electrons. The minimum atomic E-state index is -0.296. The molecule has 1 amide bonds. The van der Waals surface area contributed by atoms with Gasteiger partial charge in [0.2, 0.25) is 12.4 Å². The van der Waals surface area contributed by atoms with E-state index in [9.17, 15) is 9.59 Å². The molecule has 1 aromatic carbocycles. The zero-order chi connectivity index (χ0) is 20.9. The number of hydrogen-bond acceptors (Lipinski definition) is 7. The molecule has 8 nitrogen and oxygen atoms in total. The van der Waals surface area contributed by atoms with Gasteiger partial charge in [-0.05, 0) is 55.7 Å². The molecule has 2 aromatic rings. The van der Waals surface area contributed by atoms with Gasteiger partial charge in [0.15, 0.2) is 5.17 Å². The number of nitrogens with one attached hydrogen (secondary N) is 1. The first-order valence-corrected chi connectivity index (χ1v) is 11.3. The van der Waals surface area contributed by atoms with E-state index in [1.165, 1.54) is 5.56 Å². The van der Waals surface area contributed by atoms with Crippen LogP contribution in [0.15, 0.2) is 28.3 Å². The van der Waals surface area contributed by atoms with Crippen molar-refractivity contribution >= 4 is 52.0 Å². The summed E-state index contributed by atoms with van der Waals surface area (Å²) >= 11 is 1.67. The van der Waals surface area contributed by atoms with E-state index in [1.54, 1.807) is 18.7 Å². The van der Waals surface area contributed by atoms with Crippen LogP contribution in [0.25, 0.3) is 11.0 Å². The summed E-state index contributed by atoms with van der Waals surface area (Å²) < 4.78 is 1.93. The first-order chi connectivity index (χ1) is 14.7. The maximum Gasteiger partial charge on any atom is 0.334 e. The number of benzene rings is 1. The Hall–Kier alpha value is -2.68. The van der Waals surface area contributed by atoms with Gasteiger partial charge in [-0.3, -0.25) is 19.7 Å². The second-order valence-electron chi connectivity index (χ2n) is 7.51. The third kappa shape index (κ3) is 4.56. The predicted molar refractivity (Wildman–Crippen MR) is 119 cm³/mol. The monoisotopic (exact) mass is 427 g/mol. The van der Waals surface area contributed by atoms with E-state index in [2.05, 4.69) is 32.6 Å². The van der Waals surface area contributed by atoms with Gasteiger partial charge >= 0.3 is 5.97 Å². The fourth-order valence-electron chi connectivity index (χ4n) is 3.95. The number of thioether (sulfide) groups is 1. The molecular weight excluding hydrogens is 402 g/mol. The lowest BCUT2D eigenvalue weighted by molar-refractivity contribution is -0.143. The summed E-state index contributed by atoms with van der Waals surface area (Å²) in [5, 5.41) is 7.64. The SMILES string of the molecule is CCC(=O)ON=C1CCCC(Cc2ccc3nc(NC=O)n(C4=NCCS4)c3c2)C1. The molecule has 9 heteroatoms. The number of rotatable bonds is 6. The molecule has 2 aliphatic rings. The van der Waals surface area contributed by atoms with Crippen LogP contribution in [-0.4, -0.2) is 45.1 Å². The molecule has 1 N–H and O–H groups in total. The van der Waals surface area contributed by atoms with Crippen LogP contribution in [0.3, 0.4) is 0 Å². The molecule has 158 valence electrons. The van der Waals surface area contributed by atoms with Crippen molar-refractivity contribution in [3.63, 3.8) is 0 Å². The number of aromatic nitrogens is 2. The minimum absolute atomic E-state index is 0.296. The summed E-state index contributed by atoms with van der Waals surface area (Å²) in [6.07, 6.45) is 5.79. The van der Waals surface area contributed by atoms with Crippen molar-refractivity contribution < 1.29 is 14.4 Å². The summed E-state index contributed by atoms with van der Waals surface area (Å²) in [5.41, 5.74) is 3.96. The number of oxime groups is 1. The lowest BCUT2D eigenvalue weighted by Crippen LogP contribution is -2.18. The van der Waals surface area contributed by atoms with Crippen molar-refractivity contribution in [1.82, 2.24) is 9.55 Å². The Balaban J connectivity index is 1.55. The zero-order valence-corrected chi connectivity index (χ0v) is 17.8. The second-order valence-corrected chi connectivity index (χ2v) is 8.57. The van der Waals surface area contributed by atoms with Gasteiger partial charge in [-0.2, -0.15) is 0 Å². The Morgan fingerprint density at radius 1 is 1.47 bits per heavy atom. The van der Waals surface area contributed by atoms with Gasteiger partial charge in [0, 0.05) is 12.2 Å². The van der Waals surface area contributed by atoms with Crippen LogP contribution < -0.4 is 5.32 Å². The molecular formula is C21H25N5O3S. The van der Waals surface area contributed by atoms with Gasteiger partial charge in [0.1, 0.15) is 0 Å². The molecule has 1 aliphatic carbocycles. The average Bonchev–Trinajstić information content (AvgIpc) is 3.39. The van der Waals surface area contributed by atoms with Gasteiger partial charge < -0.3 is 4.84 Å². The first-order valence-electron chi connectivity index (χ1n) is 10.3. The molecule has 1 fully saturated rings. The van der Waals surface area contributed by atoms with E-state index in [0.717, 1.165) is 66.3 Å². The van der Waals surface area contributed by atoms with Gasteiger partial charge in [-0.15, -0.1) is 0 Å². The highest BCUT2D eigenvalue weighted by molar-refractivity contribution is 8.14. The molecule has 1 aromatic heterocycles. The van der Waals surface area contributed by atoms with Crippen molar-refractivity contribution in [1.29, 1.82) is 0 Å². The number of aliphatic imine (C=N–C) groups is 1. The van der Waals surface area contributed by atoms with Gasteiger partial charge in [-0.25, -0.2) is 9.78 Å². The highest BCUT2D eigenvalue weighted by Crippen LogP contribution is 2.29. The van der Waals surface area contributed by atoms with E-state index in [4.69, 9.17) is 4.84 Å². The van der Waals surface area contributed by atoms with Crippen LogP contribution in [0.4, 0.5) is 5.95 Å². The molecule has 1 aliphatic heterocycles. The van der Waals surface area contributed by atoms with Crippen LogP contribution in [0.2, 0.25) is 0 Å². The largest absolute Gasteiger partial charge is 0.334 e. The lowest BCUT2D eigenvalue weighted by atomic mass is 9.83. The average molecular weight is 428 g/mol. The topological polar surface area (TPSA) is 97.9 Å². The molecule has 1 unspecified atom stereocenters. The van der Waals surface area contributed by atoms with Gasteiger partial charge in [0.25, 0.3) is 0 Å². The number of imidazole rings is 1. The normalized spacial score (nSPS) is 20.4. The molecule has 1 saturated carbocycles. The third-order valence-electron chi connectivity index (χ3n) is 5.36. The van der Waals surface area contributed by atoms with E-state index in [1.807, 2.05) is 10.6 Å². The lowest BCUT2D eigenvalue weighted by Gasteiger charge is -2.22. The molecule has 4 rings (SSSR count). The maximum absolute atomic E-state index is 11.4. The van der Waals surface area contributed by atoms with Crippen LogP contribution in [0.5, 0.6) is 0 Å². The highest BCUT2D eigenvalue weighted by atomic mass is 32.2. The Morgan fingerprint density at radius 2 is 2.37 bits per heavy atom. The predicted octanol–water partition coefficient (Wildman–Crippen LogP) is 3.60. The third-order valence-corrected chi connectivity index (χ3v) is 6.32. The zero-order valence-electron chi connectivity index (χ0n) is 17.0. The number of hydrogen-bond donors (Lipinski definition) is 1. The van der Waals surface area contributed by atoms with Crippen molar-refractivity contribution in [3.8, 4) is 0 Å². The van der Waals surface area contributed by atoms with E-state index in [-0.39, 0.29) is 5.97 Å². The van der Waals surface area contributed by atoms with Crippen LogP contribution in [-0.2, 0) is 20.8 Å². The van der Waals surface area contributed by atoms with Crippen LogP contribution in [0.1, 0.15) is 44.6 Å². The Morgan fingerprint density at radius 3 is 3.13 bits per heavy atom. The number of carbonyl (C=O) groups excluding carboxylic acids is 2. The van der Waals surface area contributed by atoms with Gasteiger partial charge in [-0.1, -0.05) is 29.9 Å². The summed E-state index contributed by atoms with van der Waals surface area (Å²) in [5.74, 6) is 1.59. The maximum atomic E-state index is 11.4. The summed E-state index contributed by atoms with van der Waals surface area (Å²) in [6.45, 7) is 2.53. The summed E-state index contributed by atoms with van der Waals surface area (Å²) in [7, 11) is 0. The summed E-state index contributed by atoms with van der Waals surface area (Å²) in [4.78, 5) is 36.5. The van der Waals surface area contributed by atoms with Crippen molar-refractivity contribution in [2.45, 2.75) is 45.4 Å². The van der Waals surface area contributed by atoms with Gasteiger partial charge in [0.05, 0.1) is 23.3 Å². The number of anilines is 1. The smallest absolute Gasteiger partial charge is 0.318 e. The molecule has 2 heterocycles. The van der Waals surface area contributed by atoms with Crippen molar-refractivity contribution in [3.05, 3.63) is 23.8 Å². The molecule has 0 bridgehead atoms. The summed E-state index contributed by atoms with van der Waals surface area (Å²) in [6, 6.07) is 6.23. The fraction of sp³-hybridized carbons (Fsp3) is 0.476. The van der Waals surface area contributed by atoms with E-state index in [0.29, 0.717) is 24.7 Å². The number of amides is 1. The first kappa shape index (κ1) is 20.6. The Labute approximate surface area is 179 Å². The van der Waals surface area contributed by atoms with Crippen molar-refractivity contribution in [2.75, 3.05) is 17.6 Å². The quantitative estimate of drug-likeness (QED) is 0.432.